The number of halogens is 1. The quantitative estimate of drug-likeness (QED) is 0.868. The molecule has 0 spiro atoms. The van der Waals surface area contributed by atoms with Gasteiger partial charge in [-0.2, -0.15) is 0 Å². The van der Waals surface area contributed by atoms with Crippen LogP contribution >= 0.6 is 0 Å². The van der Waals surface area contributed by atoms with Crippen molar-refractivity contribution < 1.29 is 4.39 Å². The van der Waals surface area contributed by atoms with Crippen LogP contribution in [0.2, 0.25) is 0 Å². The topological polar surface area (TPSA) is 15.3 Å². The van der Waals surface area contributed by atoms with Crippen LogP contribution in [-0.4, -0.2) is 25.7 Å². The van der Waals surface area contributed by atoms with Gasteiger partial charge in [-0.3, -0.25) is 0 Å². The van der Waals surface area contributed by atoms with E-state index in [4.69, 9.17) is 0 Å². The Balaban J connectivity index is 2.20. The van der Waals surface area contributed by atoms with Gasteiger partial charge in [-0.15, -0.1) is 0 Å². The molecule has 2 rings (SSSR count). The molecule has 0 radical (unpaired) electrons. The Morgan fingerprint density at radius 3 is 2.59 bits per heavy atom. The number of benzene rings is 1. The van der Waals surface area contributed by atoms with Crippen molar-refractivity contribution in [3.8, 4) is 0 Å². The number of nitrogens with zero attached hydrogens (tertiary/aromatic N) is 1. The Morgan fingerprint density at radius 1 is 1.35 bits per heavy atom. The molecule has 1 fully saturated rings. The summed E-state index contributed by atoms with van der Waals surface area (Å²) >= 11 is 0. The van der Waals surface area contributed by atoms with Crippen molar-refractivity contribution in [2.24, 2.45) is 5.92 Å². The lowest BCUT2D eigenvalue weighted by molar-refractivity contribution is 0.356. The van der Waals surface area contributed by atoms with E-state index in [1.54, 1.807) is 0 Å². The average molecular weight is 236 g/mol. The van der Waals surface area contributed by atoms with Crippen LogP contribution in [0.15, 0.2) is 24.3 Å². The van der Waals surface area contributed by atoms with Crippen molar-refractivity contribution in [1.82, 2.24) is 5.32 Å². The largest absolute Gasteiger partial charge is 0.366 e. The summed E-state index contributed by atoms with van der Waals surface area (Å²) < 4.78 is 12.9. The van der Waals surface area contributed by atoms with E-state index in [2.05, 4.69) is 24.1 Å². The molecule has 1 heterocycles. The van der Waals surface area contributed by atoms with Gasteiger partial charge in [0.25, 0.3) is 0 Å². The molecule has 1 aliphatic rings. The lowest BCUT2D eigenvalue weighted by atomic mass is 9.88. The van der Waals surface area contributed by atoms with E-state index in [-0.39, 0.29) is 11.4 Å². The van der Waals surface area contributed by atoms with Gasteiger partial charge in [-0.1, -0.05) is 0 Å². The highest BCUT2D eigenvalue weighted by Gasteiger charge is 2.40. The second kappa shape index (κ2) is 4.65. The van der Waals surface area contributed by atoms with Crippen LogP contribution in [0, 0.1) is 11.7 Å². The van der Waals surface area contributed by atoms with Gasteiger partial charge in [-0.05, 0) is 64.0 Å². The molecule has 1 aromatic carbocycles. The van der Waals surface area contributed by atoms with Gasteiger partial charge in [0.2, 0.25) is 0 Å². The third-order valence-electron chi connectivity index (χ3n) is 3.98. The van der Waals surface area contributed by atoms with Crippen molar-refractivity contribution in [1.29, 1.82) is 0 Å². The number of nitrogens with one attached hydrogen (secondary N) is 1. The van der Waals surface area contributed by atoms with Crippen LogP contribution in [0.3, 0.4) is 0 Å². The number of rotatable bonds is 3. The molecule has 1 N–H and O–H groups in total. The first-order valence-electron chi connectivity index (χ1n) is 6.23. The first kappa shape index (κ1) is 12.4. The van der Waals surface area contributed by atoms with Gasteiger partial charge in [0.05, 0.1) is 0 Å². The van der Waals surface area contributed by atoms with Crippen LogP contribution in [0.25, 0.3) is 0 Å². The zero-order valence-corrected chi connectivity index (χ0v) is 10.8. The first-order valence-corrected chi connectivity index (χ1v) is 6.23. The Morgan fingerprint density at radius 2 is 2.00 bits per heavy atom. The van der Waals surface area contributed by atoms with Crippen LogP contribution in [-0.2, 0) is 0 Å². The third kappa shape index (κ3) is 2.29. The summed E-state index contributed by atoms with van der Waals surface area (Å²) in [5, 5.41) is 3.26. The summed E-state index contributed by atoms with van der Waals surface area (Å²) in [6.45, 7) is 6.62. The Labute approximate surface area is 103 Å². The van der Waals surface area contributed by atoms with Crippen LogP contribution in [0.5, 0.6) is 0 Å². The van der Waals surface area contributed by atoms with Gasteiger partial charge in [0.1, 0.15) is 5.82 Å². The molecule has 1 saturated heterocycles. The maximum absolute atomic E-state index is 12.9. The fraction of sp³-hybridized carbons (Fsp3) is 0.571. The van der Waals surface area contributed by atoms with Crippen molar-refractivity contribution in [3.05, 3.63) is 30.1 Å². The number of hydrogen-bond donors (Lipinski definition) is 1. The molecule has 1 atom stereocenters. The molecule has 0 aromatic heterocycles. The molecular formula is C14H21FN2. The lowest BCUT2D eigenvalue weighted by Crippen LogP contribution is -2.45. The predicted octanol–water partition coefficient (Wildman–Crippen LogP) is 2.65. The minimum absolute atomic E-state index is 0.126. The summed E-state index contributed by atoms with van der Waals surface area (Å²) in [6, 6.07) is 6.82. The zero-order chi connectivity index (χ0) is 12.5. The minimum Gasteiger partial charge on any atom is -0.366 e. The molecule has 0 aliphatic carbocycles. The van der Waals surface area contributed by atoms with E-state index in [9.17, 15) is 4.39 Å². The molecule has 1 aromatic rings. The van der Waals surface area contributed by atoms with E-state index in [0.29, 0.717) is 5.92 Å². The van der Waals surface area contributed by atoms with E-state index in [1.807, 2.05) is 19.2 Å². The Hall–Kier alpha value is -1.09. The molecule has 1 unspecified atom stereocenters. The van der Waals surface area contributed by atoms with Gasteiger partial charge in [0, 0.05) is 17.8 Å². The van der Waals surface area contributed by atoms with Gasteiger partial charge in [-0.25, -0.2) is 4.39 Å². The fourth-order valence-corrected chi connectivity index (χ4v) is 2.83. The van der Waals surface area contributed by atoms with E-state index >= 15 is 0 Å². The molecule has 0 saturated carbocycles. The Kier molecular flexibility index (Phi) is 3.38. The second-order valence-electron chi connectivity index (χ2n) is 5.32. The normalized spacial score (nSPS) is 23.1. The summed E-state index contributed by atoms with van der Waals surface area (Å²) in [6.07, 6.45) is 1.19. The summed E-state index contributed by atoms with van der Waals surface area (Å²) in [5.41, 5.74) is 1.25. The van der Waals surface area contributed by atoms with Crippen LogP contribution in [0.1, 0.15) is 20.3 Å². The summed E-state index contributed by atoms with van der Waals surface area (Å²) in [7, 11) is 2.00. The Bertz CT molecular complexity index is 372. The maximum atomic E-state index is 12.9. The highest BCUT2D eigenvalue weighted by molar-refractivity contribution is 5.50. The molecule has 0 amide bonds. The molecule has 94 valence electrons. The fourth-order valence-electron chi connectivity index (χ4n) is 2.83. The van der Waals surface area contributed by atoms with Crippen LogP contribution < -0.4 is 10.2 Å². The average Bonchev–Trinajstić information content (AvgIpc) is 2.57. The van der Waals surface area contributed by atoms with Crippen molar-refractivity contribution in [3.63, 3.8) is 0 Å². The SMILES string of the molecule is CNCC1CCN(c2ccc(F)cc2)C1(C)C. The number of anilines is 1. The molecule has 3 heteroatoms. The van der Waals surface area contributed by atoms with Gasteiger partial charge >= 0.3 is 0 Å². The highest BCUT2D eigenvalue weighted by Crippen LogP contribution is 2.37. The maximum Gasteiger partial charge on any atom is 0.123 e. The molecule has 1 aliphatic heterocycles. The minimum atomic E-state index is -0.169. The molecule has 17 heavy (non-hydrogen) atoms. The predicted molar refractivity (Wildman–Crippen MR) is 69.9 cm³/mol. The summed E-state index contributed by atoms with van der Waals surface area (Å²) in [4.78, 5) is 2.38. The third-order valence-corrected chi connectivity index (χ3v) is 3.98. The van der Waals surface area contributed by atoms with Gasteiger partial charge in [0.15, 0.2) is 0 Å². The van der Waals surface area contributed by atoms with E-state index in [1.165, 1.54) is 18.6 Å². The van der Waals surface area contributed by atoms with Gasteiger partial charge < -0.3 is 10.2 Å². The smallest absolute Gasteiger partial charge is 0.123 e. The van der Waals surface area contributed by atoms with E-state index < -0.39 is 0 Å². The highest BCUT2D eigenvalue weighted by atomic mass is 19.1. The second-order valence-corrected chi connectivity index (χ2v) is 5.32. The number of hydrogen-bond acceptors (Lipinski definition) is 2. The van der Waals surface area contributed by atoms with Crippen LogP contribution in [0.4, 0.5) is 10.1 Å². The lowest BCUT2D eigenvalue weighted by Gasteiger charge is -2.37. The summed E-state index contributed by atoms with van der Waals surface area (Å²) in [5.74, 6) is 0.468. The van der Waals surface area contributed by atoms with Crippen molar-refractivity contribution in [2.45, 2.75) is 25.8 Å². The molecular weight excluding hydrogens is 215 g/mol. The molecule has 0 bridgehead atoms. The standard InChI is InChI=1S/C14H21FN2/c1-14(2)11(10-16-3)8-9-17(14)13-6-4-12(15)5-7-13/h4-7,11,16H,8-10H2,1-3H3. The van der Waals surface area contributed by atoms with Crippen molar-refractivity contribution in [2.75, 3.05) is 25.0 Å². The monoisotopic (exact) mass is 236 g/mol. The van der Waals surface area contributed by atoms with Crippen molar-refractivity contribution >= 4 is 5.69 Å². The van der Waals surface area contributed by atoms with E-state index in [0.717, 1.165) is 18.8 Å². The first-order chi connectivity index (χ1) is 8.05. The zero-order valence-electron chi connectivity index (χ0n) is 10.8. The molecule has 2 nitrogen and oxygen atoms in total.